The zero-order valence-electron chi connectivity index (χ0n) is 17.3. The summed E-state index contributed by atoms with van der Waals surface area (Å²) in [5.41, 5.74) is 5.01. The lowest BCUT2D eigenvalue weighted by molar-refractivity contribution is -0.117. The number of nitrogens with one attached hydrogen (secondary N) is 1. The van der Waals surface area contributed by atoms with Gasteiger partial charge in [0.25, 0.3) is 0 Å². The molecule has 0 bridgehead atoms. The first-order valence-electron chi connectivity index (χ1n) is 10.0. The Hall–Kier alpha value is -1.88. The van der Waals surface area contributed by atoms with Crippen molar-refractivity contribution in [3.63, 3.8) is 0 Å². The van der Waals surface area contributed by atoms with E-state index in [0.29, 0.717) is 29.7 Å². The number of ether oxygens (including phenoxy) is 2. The Balaban J connectivity index is 1.40. The molecule has 1 N–H and O–H groups in total. The zero-order chi connectivity index (χ0) is 20.1. The first-order chi connectivity index (χ1) is 13.4. The molecule has 1 unspecified atom stereocenters. The van der Waals surface area contributed by atoms with Crippen LogP contribution in [0.4, 0.5) is 0 Å². The van der Waals surface area contributed by atoms with Gasteiger partial charge in [0.2, 0.25) is 5.91 Å². The number of hydrogen-bond acceptors (Lipinski definition) is 4. The van der Waals surface area contributed by atoms with Crippen molar-refractivity contribution in [3.05, 3.63) is 46.6 Å². The second-order valence-electron chi connectivity index (χ2n) is 8.48. The number of rotatable bonds is 7. The molecule has 2 aliphatic carbocycles. The van der Waals surface area contributed by atoms with Gasteiger partial charge in [-0.25, -0.2) is 0 Å². The normalized spacial score (nSPS) is 26.5. The molecule has 0 radical (unpaired) electrons. The molecule has 2 fully saturated rings. The van der Waals surface area contributed by atoms with Gasteiger partial charge in [-0.3, -0.25) is 4.79 Å². The summed E-state index contributed by atoms with van der Waals surface area (Å²) >= 11 is 1.97. The largest absolute Gasteiger partial charge is 0.496 e. The third-order valence-electron chi connectivity index (χ3n) is 6.17. The van der Waals surface area contributed by atoms with E-state index in [9.17, 15) is 4.79 Å². The van der Waals surface area contributed by atoms with Crippen molar-refractivity contribution in [2.75, 3.05) is 13.7 Å². The molecular weight excluding hydrogens is 370 g/mol. The maximum atomic E-state index is 12.9. The second kappa shape index (κ2) is 7.18. The summed E-state index contributed by atoms with van der Waals surface area (Å²) in [7, 11) is 1.65. The lowest BCUT2D eigenvalue weighted by Crippen LogP contribution is -2.28. The minimum absolute atomic E-state index is 0.0271. The Bertz CT molecular complexity index is 871. The average molecular weight is 400 g/mol. The van der Waals surface area contributed by atoms with Crippen LogP contribution in [0.1, 0.15) is 39.7 Å². The van der Waals surface area contributed by atoms with E-state index >= 15 is 0 Å². The van der Waals surface area contributed by atoms with Gasteiger partial charge in [-0.2, -0.15) is 0 Å². The van der Waals surface area contributed by atoms with Gasteiger partial charge in [0.1, 0.15) is 11.5 Å². The van der Waals surface area contributed by atoms with Crippen molar-refractivity contribution in [2.24, 2.45) is 11.3 Å². The number of thioether (sulfide) groups is 1. The zero-order valence-corrected chi connectivity index (χ0v) is 18.1. The summed E-state index contributed by atoms with van der Waals surface area (Å²) in [4.78, 5) is 12.9. The topological polar surface area (TPSA) is 47.6 Å². The van der Waals surface area contributed by atoms with Gasteiger partial charge >= 0.3 is 0 Å². The number of carbonyl (C=O) groups is 1. The van der Waals surface area contributed by atoms with Crippen LogP contribution in [0.25, 0.3) is 0 Å². The Morgan fingerprint density at radius 1 is 1.32 bits per heavy atom. The smallest absolute Gasteiger partial charge is 0.248 e. The summed E-state index contributed by atoms with van der Waals surface area (Å²) in [5, 5.41) is 4.00. The number of benzene rings is 1. The van der Waals surface area contributed by atoms with Crippen LogP contribution in [0.15, 0.2) is 41.0 Å². The fraction of sp³-hybridized carbons (Fsp3) is 0.522. The molecule has 4 rings (SSSR count). The molecule has 28 heavy (non-hydrogen) atoms. The van der Waals surface area contributed by atoms with Gasteiger partial charge < -0.3 is 14.8 Å². The van der Waals surface area contributed by atoms with E-state index in [4.69, 9.17) is 9.47 Å². The van der Waals surface area contributed by atoms with Crippen LogP contribution in [0.5, 0.6) is 11.5 Å². The molecule has 4 nitrogen and oxygen atoms in total. The van der Waals surface area contributed by atoms with Gasteiger partial charge in [0.15, 0.2) is 0 Å². The van der Waals surface area contributed by atoms with Crippen molar-refractivity contribution in [3.8, 4) is 11.5 Å². The lowest BCUT2D eigenvalue weighted by atomic mass is 9.98. The van der Waals surface area contributed by atoms with Crippen LogP contribution in [-0.4, -0.2) is 30.1 Å². The fourth-order valence-electron chi connectivity index (χ4n) is 4.52. The molecule has 1 heterocycles. The summed E-state index contributed by atoms with van der Waals surface area (Å²) in [5.74, 6) is 2.20. The van der Waals surface area contributed by atoms with Crippen LogP contribution < -0.4 is 14.8 Å². The van der Waals surface area contributed by atoms with Crippen molar-refractivity contribution in [2.45, 2.75) is 51.2 Å². The third kappa shape index (κ3) is 3.14. The second-order valence-corrected chi connectivity index (χ2v) is 9.73. The van der Waals surface area contributed by atoms with E-state index in [1.54, 1.807) is 7.11 Å². The average Bonchev–Trinajstić information content (AvgIpc) is 3.01. The maximum absolute atomic E-state index is 12.9. The predicted octanol–water partition coefficient (Wildman–Crippen LogP) is 4.50. The summed E-state index contributed by atoms with van der Waals surface area (Å²) in [6, 6.07) is 5.78. The summed E-state index contributed by atoms with van der Waals surface area (Å²) in [6.45, 7) is 10.0. The monoisotopic (exact) mass is 399 g/mol. The summed E-state index contributed by atoms with van der Waals surface area (Å²) in [6.07, 6.45) is 3.05. The van der Waals surface area contributed by atoms with Crippen LogP contribution in [0.3, 0.4) is 0 Å². The standard InChI is InChI=1S/C23H29NO3S/c1-6-9-27-15-8-7-14(17(11-15)26-5)12-24-22(25)16-10-13(2)18-19-21(23(19,3)4)28-20(16)18/h7-8,10-11,19-21H,6,9,12H2,1-5H3,(H,24,25)/t19-,20?,21+/m0/s1. The van der Waals surface area contributed by atoms with Gasteiger partial charge in [-0.1, -0.05) is 20.8 Å². The third-order valence-corrected chi connectivity index (χ3v) is 8.12. The quantitative estimate of drug-likeness (QED) is 0.734. The van der Waals surface area contributed by atoms with E-state index in [1.807, 2.05) is 30.0 Å². The predicted molar refractivity (Wildman–Crippen MR) is 114 cm³/mol. The van der Waals surface area contributed by atoms with Gasteiger partial charge in [-0.05, 0) is 48.1 Å². The molecule has 3 atom stereocenters. The highest BCUT2D eigenvalue weighted by molar-refractivity contribution is 8.01. The molecule has 1 aromatic rings. The number of fused-ring (bicyclic) bond motifs is 3. The number of amides is 1. The number of allylic oxidation sites excluding steroid dienone is 2. The first kappa shape index (κ1) is 19.4. The van der Waals surface area contributed by atoms with Crippen LogP contribution in [0.2, 0.25) is 0 Å². The van der Waals surface area contributed by atoms with Gasteiger partial charge in [0, 0.05) is 34.9 Å². The highest BCUT2D eigenvalue weighted by Gasteiger charge is 2.67. The van der Waals surface area contributed by atoms with Crippen molar-refractivity contribution in [1.29, 1.82) is 0 Å². The molecule has 1 aromatic carbocycles. The maximum Gasteiger partial charge on any atom is 0.248 e. The Labute approximate surface area is 171 Å². The van der Waals surface area contributed by atoms with E-state index in [-0.39, 0.29) is 11.2 Å². The molecule has 1 aliphatic heterocycles. The minimum Gasteiger partial charge on any atom is -0.496 e. The first-order valence-corrected chi connectivity index (χ1v) is 11.0. The van der Waals surface area contributed by atoms with Crippen molar-refractivity contribution < 1.29 is 14.3 Å². The van der Waals surface area contributed by atoms with Crippen LogP contribution in [0, 0.1) is 11.3 Å². The van der Waals surface area contributed by atoms with Crippen molar-refractivity contribution >= 4 is 17.7 Å². The van der Waals surface area contributed by atoms with Crippen molar-refractivity contribution in [1.82, 2.24) is 5.32 Å². The van der Waals surface area contributed by atoms with Gasteiger partial charge in [0.05, 0.1) is 19.0 Å². The van der Waals surface area contributed by atoms with E-state index in [0.717, 1.165) is 29.1 Å². The molecule has 0 aromatic heterocycles. The molecular formula is C23H29NO3S. The number of hydrogen-bond donors (Lipinski definition) is 1. The SMILES string of the molecule is CCCOc1ccc(CNC(=O)C2=CC(C)=C3C2S[C@@H]2[C@H]3C2(C)C)c(OC)c1. The fourth-order valence-corrected chi connectivity index (χ4v) is 6.69. The molecule has 0 spiro atoms. The molecule has 1 saturated carbocycles. The lowest BCUT2D eigenvalue weighted by Gasteiger charge is -2.19. The van der Waals surface area contributed by atoms with Crippen LogP contribution >= 0.6 is 11.8 Å². The number of methoxy groups -OCH3 is 1. The Morgan fingerprint density at radius 3 is 2.82 bits per heavy atom. The van der Waals surface area contributed by atoms with E-state index in [1.165, 1.54) is 11.1 Å². The molecule has 3 aliphatic rings. The van der Waals surface area contributed by atoms with E-state index in [2.05, 4.69) is 39.1 Å². The number of carbonyl (C=O) groups excluding carboxylic acids is 1. The molecule has 150 valence electrons. The molecule has 5 heteroatoms. The van der Waals surface area contributed by atoms with Crippen LogP contribution in [-0.2, 0) is 11.3 Å². The Morgan fingerprint density at radius 2 is 2.11 bits per heavy atom. The van der Waals surface area contributed by atoms with Gasteiger partial charge in [-0.15, -0.1) is 11.8 Å². The highest BCUT2D eigenvalue weighted by atomic mass is 32.2. The molecule has 1 saturated heterocycles. The Kier molecular flexibility index (Phi) is 4.98. The highest BCUT2D eigenvalue weighted by Crippen LogP contribution is 2.72. The molecule has 1 amide bonds. The van der Waals surface area contributed by atoms with E-state index < -0.39 is 0 Å². The summed E-state index contributed by atoms with van der Waals surface area (Å²) < 4.78 is 11.2. The minimum atomic E-state index is 0.0271.